The third-order valence-corrected chi connectivity index (χ3v) is 3.81. The van der Waals surface area contributed by atoms with Gasteiger partial charge in [0.15, 0.2) is 11.9 Å². The number of aliphatic hydroxyl groups is 1. The summed E-state index contributed by atoms with van der Waals surface area (Å²) < 4.78 is 21.0. The second kappa shape index (κ2) is 5.03. The maximum Gasteiger partial charge on any atom is 0.168 e. The molecule has 1 saturated heterocycles. The molecule has 0 saturated carbocycles. The highest BCUT2D eigenvalue weighted by Gasteiger charge is 2.37. The average Bonchev–Trinajstić information content (AvgIpc) is 3.01. The van der Waals surface area contributed by atoms with Gasteiger partial charge in [-0.15, -0.1) is 11.8 Å². The molecule has 1 aliphatic heterocycles. The molecule has 0 unspecified atom stereocenters. The summed E-state index contributed by atoms with van der Waals surface area (Å²) in [5.74, 6) is 0. The first-order valence-corrected chi connectivity index (χ1v) is 7.09. The number of thioether (sulfide) groups is 1. The van der Waals surface area contributed by atoms with E-state index in [1.807, 2.05) is 6.26 Å². The number of ether oxygens (including phenoxy) is 1. The van der Waals surface area contributed by atoms with Crippen molar-refractivity contribution in [2.45, 2.75) is 30.0 Å². The number of hydrogen-bond donors (Lipinski definition) is 1. The van der Waals surface area contributed by atoms with Crippen molar-refractivity contribution < 1.29 is 14.2 Å². The Morgan fingerprint density at radius 2 is 2.37 bits per heavy atom. The van der Waals surface area contributed by atoms with Gasteiger partial charge in [0.25, 0.3) is 0 Å². The number of halogens is 1. The van der Waals surface area contributed by atoms with Crippen molar-refractivity contribution in [1.82, 2.24) is 19.5 Å². The number of hydrogen-bond acceptors (Lipinski definition) is 6. The van der Waals surface area contributed by atoms with Gasteiger partial charge in [0.1, 0.15) is 23.0 Å². The smallest absolute Gasteiger partial charge is 0.168 e. The fraction of sp³-hybridized carbons (Fsp3) is 0.545. The minimum atomic E-state index is -1.18. The highest BCUT2D eigenvalue weighted by Crippen LogP contribution is 2.33. The number of alkyl halides is 1. The highest BCUT2D eigenvalue weighted by atomic mass is 32.2. The van der Waals surface area contributed by atoms with Gasteiger partial charge >= 0.3 is 0 Å². The Labute approximate surface area is 113 Å². The van der Waals surface area contributed by atoms with Crippen LogP contribution in [0.1, 0.15) is 12.6 Å². The fourth-order valence-corrected chi connectivity index (χ4v) is 2.72. The summed E-state index contributed by atoms with van der Waals surface area (Å²) in [6.45, 7) is -0.186. The topological polar surface area (TPSA) is 73.1 Å². The number of imidazole rings is 1. The monoisotopic (exact) mass is 284 g/mol. The lowest BCUT2D eigenvalue weighted by Crippen LogP contribution is -2.16. The predicted octanol–water partition coefficient (Wildman–Crippen LogP) is 1.17. The van der Waals surface area contributed by atoms with Crippen molar-refractivity contribution in [3.05, 3.63) is 12.7 Å². The van der Waals surface area contributed by atoms with E-state index in [0.717, 1.165) is 5.03 Å². The Morgan fingerprint density at radius 3 is 3.05 bits per heavy atom. The lowest BCUT2D eigenvalue weighted by atomic mass is 10.2. The van der Waals surface area contributed by atoms with Crippen LogP contribution in [0.3, 0.4) is 0 Å². The summed E-state index contributed by atoms with van der Waals surface area (Å²) in [5, 5.41) is 9.80. The van der Waals surface area contributed by atoms with E-state index in [9.17, 15) is 4.39 Å². The second-order valence-electron chi connectivity index (χ2n) is 4.29. The minimum absolute atomic E-state index is 0.182. The molecule has 3 heterocycles. The molecule has 0 radical (unpaired) electrons. The Kier molecular flexibility index (Phi) is 3.38. The first-order valence-electron chi connectivity index (χ1n) is 5.86. The van der Waals surface area contributed by atoms with Crippen LogP contribution in [-0.2, 0) is 4.74 Å². The maximum absolute atomic E-state index is 14.0. The normalized spacial score (nSPS) is 27.2. The molecule has 8 heteroatoms. The SMILES string of the molecule is CSc1ncnc2c1ncn2[C@@H]1O[C@H](CO)C[C@@H]1F. The molecule has 1 fully saturated rings. The zero-order chi connectivity index (χ0) is 13.4. The second-order valence-corrected chi connectivity index (χ2v) is 5.08. The van der Waals surface area contributed by atoms with Crippen molar-refractivity contribution in [2.75, 3.05) is 12.9 Å². The zero-order valence-electron chi connectivity index (χ0n) is 10.2. The number of rotatable bonds is 3. The van der Waals surface area contributed by atoms with Crippen molar-refractivity contribution >= 4 is 22.9 Å². The first-order chi connectivity index (χ1) is 9.24. The molecule has 3 rings (SSSR count). The van der Waals surface area contributed by atoms with Crippen molar-refractivity contribution in [1.29, 1.82) is 0 Å². The molecule has 0 aromatic carbocycles. The van der Waals surface area contributed by atoms with E-state index in [-0.39, 0.29) is 13.0 Å². The number of aliphatic hydroxyl groups excluding tert-OH is 1. The van der Waals surface area contributed by atoms with E-state index in [0.29, 0.717) is 11.2 Å². The Hall–Kier alpha value is -1.25. The maximum atomic E-state index is 14.0. The van der Waals surface area contributed by atoms with E-state index < -0.39 is 18.5 Å². The van der Waals surface area contributed by atoms with Crippen LogP contribution in [0.25, 0.3) is 11.2 Å². The molecule has 0 bridgehead atoms. The van der Waals surface area contributed by atoms with Crippen LogP contribution in [0.4, 0.5) is 4.39 Å². The summed E-state index contributed by atoms with van der Waals surface area (Å²) in [4.78, 5) is 12.5. The van der Waals surface area contributed by atoms with Crippen molar-refractivity contribution in [3.8, 4) is 0 Å². The predicted molar refractivity (Wildman–Crippen MR) is 67.6 cm³/mol. The molecule has 2 aromatic rings. The molecular formula is C11H13FN4O2S. The van der Waals surface area contributed by atoms with Crippen molar-refractivity contribution in [2.24, 2.45) is 0 Å². The molecule has 0 amide bonds. The van der Waals surface area contributed by atoms with E-state index in [4.69, 9.17) is 9.84 Å². The fourth-order valence-electron chi connectivity index (χ4n) is 2.23. The molecule has 102 valence electrons. The van der Waals surface area contributed by atoms with Crippen LogP contribution in [0, 0.1) is 0 Å². The molecule has 19 heavy (non-hydrogen) atoms. The zero-order valence-corrected chi connectivity index (χ0v) is 11.0. The summed E-state index contributed by atoms with van der Waals surface area (Å²) in [6.07, 6.45) is 2.58. The number of nitrogens with zero attached hydrogens (tertiary/aromatic N) is 4. The van der Waals surface area contributed by atoms with Gasteiger partial charge < -0.3 is 9.84 Å². The van der Waals surface area contributed by atoms with Gasteiger partial charge in [-0.05, 0) is 6.26 Å². The molecule has 2 aromatic heterocycles. The van der Waals surface area contributed by atoms with Gasteiger partial charge in [0.2, 0.25) is 0 Å². The van der Waals surface area contributed by atoms with E-state index in [2.05, 4.69) is 15.0 Å². The largest absolute Gasteiger partial charge is 0.394 e. The molecular weight excluding hydrogens is 271 g/mol. The van der Waals surface area contributed by atoms with Crippen LogP contribution in [0.5, 0.6) is 0 Å². The Bertz CT molecular complexity index is 593. The summed E-state index contributed by atoms with van der Waals surface area (Å²) in [5.41, 5.74) is 1.18. The molecule has 0 aliphatic carbocycles. The van der Waals surface area contributed by atoms with Gasteiger partial charge in [-0.3, -0.25) is 4.57 Å². The van der Waals surface area contributed by atoms with Crippen LogP contribution in [-0.4, -0.2) is 49.8 Å². The van der Waals surface area contributed by atoms with Crippen molar-refractivity contribution in [3.63, 3.8) is 0 Å². The van der Waals surface area contributed by atoms with Gasteiger partial charge in [-0.25, -0.2) is 19.3 Å². The van der Waals surface area contributed by atoms with Gasteiger partial charge in [0.05, 0.1) is 19.0 Å². The van der Waals surface area contributed by atoms with E-state index in [1.54, 1.807) is 4.57 Å². The molecule has 3 atom stereocenters. The first kappa shape index (κ1) is 12.8. The van der Waals surface area contributed by atoms with E-state index in [1.165, 1.54) is 24.4 Å². The average molecular weight is 284 g/mol. The van der Waals surface area contributed by atoms with Gasteiger partial charge in [-0.2, -0.15) is 0 Å². The molecule has 6 nitrogen and oxygen atoms in total. The van der Waals surface area contributed by atoms with Gasteiger partial charge in [-0.1, -0.05) is 0 Å². The Morgan fingerprint density at radius 1 is 1.53 bits per heavy atom. The lowest BCUT2D eigenvalue weighted by molar-refractivity contribution is -0.0351. The quantitative estimate of drug-likeness (QED) is 0.673. The lowest BCUT2D eigenvalue weighted by Gasteiger charge is -2.15. The summed E-state index contributed by atoms with van der Waals surface area (Å²) in [7, 11) is 0. The number of fused-ring (bicyclic) bond motifs is 1. The van der Waals surface area contributed by atoms with E-state index >= 15 is 0 Å². The summed E-state index contributed by atoms with van der Waals surface area (Å²) >= 11 is 1.46. The minimum Gasteiger partial charge on any atom is -0.394 e. The van der Waals surface area contributed by atoms with Crippen LogP contribution < -0.4 is 0 Å². The summed E-state index contributed by atoms with van der Waals surface area (Å²) in [6, 6.07) is 0. The highest BCUT2D eigenvalue weighted by molar-refractivity contribution is 7.98. The molecule has 0 spiro atoms. The molecule has 1 N–H and O–H groups in total. The third kappa shape index (κ3) is 2.09. The third-order valence-electron chi connectivity index (χ3n) is 3.13. The van der Waals surface area contributed by atoms with Gasteiger partial charge in [0, 0.05) is 6.42 Å². The Balaban J connectivity index is 2.02. The number of aromatic nitrogens is 4. The van der Waals surface area contributed by atoms with Crippen LogP contribution in [0.15, 0.2) is 17.7 Å². The molecule has 1 aliphatic rings. The van der Waals surface area contributed by atoms with Crippen LogP contribution >= 0.6 is 11.8 Å². The van der Waals surface area contributed by atoms with Crippen LogP contribution in [0.2, 0.25) is 0 Å². The standard InChI is InChI=1S/C11H13FN4O2S/c1-19-10-8-9(13-4-14-10)16(5-15-8)11-7(12)2-6(3-17)18-11/h4-7,11,17H,2-3H2,1H3/t6-,7-,11+/m0/s1.